The molecule has 0 bridgehead atoms. The normalized spacial score (nSPS) is 30.3. The Kier molecular flexibility index (Phi) is 4.37. The molecule has 1 amide bonds. The van der Waals surface area contributed by atoms with Crippen molar-refractivity contribution < 1.29 is 28.2 Å². The minimum atomic E-state index is -0.918. The van der Waals surface area contributed by atoms with Crippen LogP contribution < -0.4 is 5.32 Å². The smallest absolute Gasteiger partial charge is 0.220 e. The van der Waals surface area contributed by atoms with E-state index in [-0.39, 0.29) is 31.1 Å². The molecule has 2 fully saturated rings. The molecule has 1 aromatic carbocycles. The maximum atomic E-state index is 13.1. The number of fused-ring (bicyclic) bond motifs is 1. The Hall–Kier alpha value is -1.57. The average molecular weight is 313 g/mol. The maximum absolute atomic E-state index is 13.1. The highest BCUT2D eigenvalue weighted by molar-refractivity contribution is 5.76. The highest BCUT2D eigenvalue weighted by Gasteiger charge is 2.47. The van der Waals surface area contributed by atoms with E-state index in [9.17, 15) is 18.7 Å². The summed E-state index contributed by atoms with van der Waals surface area (Å²) in [5, 5.41) is 12.4. The van der Waals surface area contributed by atoms with Gasteiger partial charge < -0.3 is 19.9 Å². The number of aryl methyl sites for hydroxylation is 1. The van der Waals surface area contributed by atoms with Crippen molar-refractivity contribution in [3.8, 4) is 0 Å². The number of ether oxygens (including phenoxy) is 2. The van der Waals surface area contributed by atoms with E-state index in [1.54, 1.807) is 0 Å². The second-order valence-corrected chi connectivity index (χ2v) is 5.59. The number of rotatable bonds is 4. The number of benzene rings is 1. The Labute approximate surface area is 126 Å². The van der Waals surface area contributed by atoms with Crippen molar-refractivity contribution in [2.75, 3.05) is 13.2 Å². The summed E-state index contributed by atoms with van der Waals surface area (Å²) in [6.45, 7) is 0.500. The van der Waals surface area contributed by atoms with Gasteiger partial charge in [0.15, 0.2) is 11.6 Å². The van der Waals surface area contributed by atoms with Crippen LogP contribution in [0.4, 0.5) is 8.78 Å². The first-order valence-electron chi connectivity index (χ1n) is 7.19. The van der Waals surface area contributed by atoms with E-state index >= 15 is 0 Å². The molecule has 0 saturated carbocycles. The van der Waals surface area contributed by atoms with E-state index in [1.165, 1.54) is 6.07 Å². The summed E-state index contributed by atoms with van der Waals surface area (Å²) in [7, 11) is 0. The fourth-order valence-corrected chi connectivity index (χ4v) is 2.83. The monoisotopic (exact) mass is 313 g/mol. The van der Waals surface area contributed by atoms with Gasteiger partial charge in [-0.15, -0.1) is 0 Å². The molecule has 0 aromatic heterocycles. The molecule has 3 rings (SSSR count). The van der Waals surface area contributed by atoms with E-state index < -0.39 is 23.8 Å². The van der Waals surface area contributed by atoms with Crippen LogP contribution in [0.25, 0.3) is 0 Å². The van der Waals surface area contributed by atoms with Crippen LogP contribution in [0.2, 0.25) is 0 Å². The molecule has 4 atom stereocenters. The lowest BCUT2D eigenvalue weighted by molar-refractivity contribution is -0.122. The van der Waals surface area contributed by atoms with Crippen molar-refractivity contribution >= 4 is 5.91 Å². The third-order valence-electron chi connectivity index (χ3n) is 4.00. The number of carbonyl (C=O) groups is 1. The zero-order chi connectivity index (χ0) is 15.7. The fraction of sp³-hybridized carbons (Fsp3) is 0.533. The molecule has 120 valence electrons. The largest absolute Gasteiger partial charge is 0.388 e. The molecule has 1 aromatic rings. The molecule has 2 aliphatic rings. The van der Waals surface area contributed by atoms with Crippen LogP contribution in [0.3, 0.4) is 0 Å². The molecule has 2 saturated heterocycles. The number of aliphatic hydroxyl groups excluding tert-OH is 1. The highest BCUT2D eigenvalue weighted by Crippen LogP contribution is 2.27. The van der Waals surface area contributed by atoms with Gasteiger partial charge in [-0.1, -0.05) is 6.07 Å². The molecule has 0 radical (unpaired) electrons. The predicted octanol–water partition coefficient (Wildman–Crippen LogP) is 0.541. The van der Waals surface area contributed by atoms with Gasteiger partial charge in [0.1, 0.15) is 18.3 Å². The van der Waals surface area contributed by atoms with Crippen LogP contribution in [-0.2, 0) is 20.7 Å². The Morgan fingerprint density at radius 3 is 2.77 bits per heavy atom. The van der Waals surface area contributed by atoms with E-state index in [2.05, 4.69) is 5.32 Å². The Balaban J connectivity index is 1.49. The molecule has 7 heteroatoms. The summed E-state index contributed by atoms with van der Waals surface area (Å²) in [5.41, 5.74) is 0.558. The van der Waals surface area contributed by atoms with Crippen LogP contribution >= 0.6 is 0 Å². The number of halogens is 2. The van der Waals surface area contributed by atoms with E-state index in [4.69, 9.17) is 9.47 Å². The number of carbonyl (C=O) groups excluding carboxylic acids is 1. The standard InChI is InChI=1S/C15H17F2NO4/c16-9-3-1-8(5-10(9)17)2-4-13(20)18-11-6-21-15-12(19)7-22-14(11)15/h1,3,5,11-12,14-15,19H,2,4,6-7H2,(H,18,20)/t11-,12-,14-,15-/m1/s1. The van der Waals surface area contributed by atoms with Crippen molar-refractivity contribution in [1.29, 1.82) is 0 Å². The lowest BCUT2D eigenvalue weighted by Gasteiger charge is -2.17. The molecule has 5 nitrogen and oxygen atoms in total. The van der Waals surface area contributed by atoms with Crippen molar-refractivity contribution in [3.63, 3.8) is 0 Å². The number of nitrogens with one attached hydrogen (secondary N) is 1. The molecule has 22 heavy (non-hydrogen) atoms. The predicted molar refractivity (Wildman–Crippen MR) is 72.1 cm³/mol. The molecule has 2 aliphatic heterocycles. The van der Waals surface area contributed by atoms with Crippen LogP contribution in [0.15, 0.2) is 18.2 Å². The van der Waals surface area contributed by atoms with Gasteiger partial charge in [0, 0.05) is 6.42 Å². The molecule has 0 aliphatic carbocycles. The number of aliphatic hydroxyl groups is 1. The van der Waals surface area contributed by atoms with Crippen LogP contribution in [0, 0.1) is 11.6 Å². The van der Waals surface area contributed by atoms with Gasteiger partial charge in [0.25, 0.3) is 0 Å². The van der Waals surface area contributed by atoms with Gasteiger partial charge in [-0.05, 0) is 24.1 Å². The van der Waals surface area contributed by atoms with Gasteiger partial charge in [0.05, 0.1) is 19.3 Å². The average Bonchev–Trinajstić information content (AvgIpc) is 3.05. The fourth-order valence-electron chi connectivity index (χ4n) is 2.83. The first kappa shape index (κ1) is 15.3. The van der Waals surface area contributed by atoms with Gasteiger partial charge >= 0.3 is 0 Å². The van der Waals surface area contributed by atoms with Crippen molar-refractivity contribution in [2.24, 2.45) is 0 Å². The highest BCUT2D eigenvalue weighted by atomic mass is 19.2. The quantitative estimate of drug-likeness (QED) is 0.851. The second-order valence-electron chi connectivity index (χ2n) is 5.59. The molecule has 0 unspecified atom stereocenters. The third kappa shape index (κ3) is 3.11. The van der Waals surface area contributed by atoms with E-state index in [1.807, 2.05) is 0 Å². The van der Waals surface area contributed by atoms with Gasteiger partial charge in [-0.25, -0.2) is 8.78 Å². The van der Waals surface area contributed by atoms with Crippen molar-refractivity contribution in [1.82, 2.24) is 5.32 Å². The molecule has 2 N–H and O–H groups in total. The SMILES string of the molecule is O=C(CCc1ccc(F)c(F)c1)N[C@@H]1CO[C@H]2[C@@H]1OC[C@H]2O. The van der Waals surface area contributed by atoms with Crippen molar-refractivity contribution in [2.45, 2.75) is 37.2 Å². The summed E-state index contributed by atoms with van der Waals surface area (Å²) in [4.78, 5) is 11.9. The van der Waals surface area contributed by atoms with Gasteiger partial charge in [-0.3, -0.25) is 4.79 Å². The maximum Gasteiger partial charge on any atom is 0.220 e. The number of hydrogen-bond donors (Lipinski definition) is 2. The Bertz CT molecular complexity index is 568. The zero-order valence-electron chi connectivity index (χ0n) is 11.8. The van der Waals surface area contributed by atoms with Crippen LogP contribution in [-0.4, -0.2) is 48.6 Å². The second kappa shape index (κ2) is 6.28. The van der Waals surface area contributed by atoms with Crippen LogP contribution in [0.5, 0.6) is 0 Å². The number of hydrogen-bond acceptors (Lipinski definition) is 4. The lowest BCUT2D eigenvalue weighted by Crippen LogP contribution is -2.44. The van der Waals surface area contributed by atoms with Crippen LogP contribution in [0.1, 0.15) is 12.0 Å². The Morgan fingerprint density at radius 1 is 1.23 bits per heavy atom. The molecule has 0 spiro atoms. The molecular weight excluding hydrogens is 296 g/mol. The minimum absolute atomic E-state index is 0.154. The number of amides is 1. The first-order valence-corrected chi connectivity index (χ1v) is 7.19. The molecular formula is C15H17F2NO4. The van der Waals surface area contributed by atoms with Gasteiger partial charge in [-0.2, -0.15) is 0 Å². The topological polar surface area (TPSA) is 67.8 Å². The van der Waals surface area contributed by atoms with Gasteiger partial charge in [0.2, 0.25) is 5.91 Å². The summed E-state index contributed by atoms with van der Waals surface area (Å²) in [6.07, 6.45) is -0.914. The lowest BCUT2D eigenvalue weighted by atomic mass is 10.1. The summed E-state index contributed by atoms with van der Waals surface area (Å²) >= 11 is 0. The van der Waals surface area contributed by atoms with E-state index in [0.29, 0.717) is 18.6 Å². The third-order valence-corrected chi connectivity index (χ3v) is 4.00. The van der Waals surface area contributed by atoms with E-state index in [0.717, 1.165) is 12.1 Å². The Morgan fingerprint density at radius 2 is 2.00 bits per heavy atom. The minimum Gasteiger partial charge on any atom is -0.388 e. The summed E-state index contributed by atoms with van der Waals surface area (Å²) in [6, 6.07) is 3.30. The zero-order valence-corrected chi connectivity index (χ0v) is 11.8. The molecule has 2 heterocycles. The first-order chi connectivity index (χ1) is 10.5. The van der Waals surface area contributed by atoms with Crippen molar-refractivity contribution in [3.05, 3.63) is 35.4 Å². The summed E-state index contributed by atoms with van der Waals surface area (Å²) < 4.78 is 36.7. The summed E-state index contributed by atoms with van der Waals surface area (Å²) in [5.74, 6) is -2.04.